The Morgan fingerprint density at radius 1 is 1.27 bits per heavy atom. The summed E-state index contributed by atoms with van der Waals surface area (Å²) in [6.45, 7) is 3.80. The molecule has 0 spiro atoms. The maximum Gasteiger partial charge on any atom is 0.416 e. The number of nitrogens with zero attached hydrogens (tertiary/aromatic N) is 3. The standard InChI is InChI=1S/C24H20ClF3N4O/c1-23(2)9-18-21(19(33)10-23)20(13-4-3-7-31-12-13)15(11-29)22(30)32(18)17-8-14(24(26,27)28)5-6-16(17)25/h3-8,12,20H,9-10,30H2,1-2H3. The molecule has 1 unspecified atom stereocenters. The fourth-order valence-corrected chi connectivity index (χ4v) is 4.73. The number of halogens is 4. The van der Waals surface area contributed by atoms with Crippen molar-refractivity contribution in [3.8, 4) is 6.07 Å². The molecule has 5 nitrogen and oxygen atoms in total. The summed E-state index contributed by atoms with van der Waals surface area (Å²) < 4.78 is 40.4. The average molecular weight is 473 g/mol. The van der Waals surface area contributed by atoms with Crippen molar-refractivity contribution in [2.45, 2.75) is 38.8 Å². The molecule has 0 saturated heterocycles. The summed E-state index contributed by atoms with van der Waals surface area (Å²) in [6, 6.07) is 8.42. The summed E-state index contributed by atoms with van der Waals surface area (Å²) in [5.74, 6) is -1.01. The molecule has 2 N–H and O–H groups in total. The summed E-state index contributed by atoms with van der Waals surface area (Å²) in [7, 11) is 0. The summed E-state index contributed by atoms with van der Waals surface area (Å²) in [5, 5.41) is 10.0. The molecule has 0 radical (unpaired) electrons. The van der Waals surface area contributed by atoms with Crippen LogP contribution < -0.4 is 10.6 Å². The van der Waals surface area contributed by atoms with Crippen molar-refractivity contribution in [1.82, 2.24) is 4.98 Å². The number of hydrogen-bond acceptors (Lipinski definition) is 5. The average Bonchev–Trinajstić information content (AvgIpc) is 2.73. The zero-order valence-corrected chi connectivity index (χ0v) is 18.6. The van der Waals surface area contributed by atoms with Gasteiger partial charge < -0.3 is 5.73 Å². The van der Waals surface area contributed by atoms with Gasteiger partial charge in [0, 0.05) is 30.1 Å². The topological polar surface area (TPSA) is 83.0 Å². The number of rotatable bonds is 2. The highest BCUT2D eigenvalue weighted by Gasteiger charge is 2.45. The molecule has 0 bridgehead atoms. The van der Waals surface area contributed by atoms with Crippen molar-refractivity contribution >= 4 is 23.1 Å². The zero-order valence-electron chi connectivity index (χ0n) is 17.9. The van der Waals surface area contributed by atoms with Crippen molar-refractivity contribution in [2.75, 3.05) is 4.90 Å². The number of hydrogen-bond donors (Lipinski definition) is 1. The van der Waals surface area contributed by atoms with Crippen LogP contribution in [0.2, 0.25) is 5.02 Å². The van der Waals surface area contributed by atoms with Crippen molar-refractivity contribution in [2.24, 2.45) is 11.1 Å². The van der Waals surface area contributed by atoms with Gasteiger partial charge in [-0.15, -0.1) is 0 Å². The van der Waals surface area contributed by atoms with Gasteiger partial charge in [-0.25, -0.2) is 0 Å². The first-order chi connectivity index (χ1) is 15.4. The lowest BCUT2D eigenvalue weighted by Crippen LogP contribution is -2.42. The highest BCUT2D eigenvalue weighted by Crippen LogP contribution is 2.51. The molecule has 9 heteroatoms. The first-order valence-corrected chi connectivity index (χ1v) is 10.5. The van der Waals surface area contributed by atoms with E-state index in [1.807, 2.05) is 13.8 Å². The fourth-order valence-electron chi connectivity index (χ4n) is 4.52. The highest BCUT2D eigenvalue weighted by atomic mass is 35.5. The molecule has 1 aromatic carbocycles. The van der Waals surface area contributed by atoms with Crippen molar-refractivity contribution in [3.63, 3.8) is 0 Å². The number of nitrogens with two attached hydrogens (primary N) is 1. The minimum atomic E-state index is -4.61. The van der Waals surface area contributed by atoms with Gasteiger partial charge in [0.1, 0.15) is 5.82 Å². The number of carbonyl (C=O) groups excluding carboxylic acids is 1. The summed E-state index contributed by atoms with van der Waals surface area (Å²) >= 11 is 6.34. The van der Waals surface area contributed by atoms with Crippen LogP contribution in [0.25, 0.3) is 0 Å². The first-order valence-electron chi connectivity index (χ1n) is 10.2. The maximum absolute atomic E-state index is 13.5. The van der Waals surface area contributed by atoms with Crippen LogP contribution in [0.4, 0.5) is 18.9 Å². The molecule has 0 fully saturated rings. The van der Waals surface area contributed by atoms with Crippen molar-refractivity contribution in [1.29, 1.82) is 5.26 Å². The van der Waals surface area contributed by atoms with Crippen LogP contribution in [0.3, 0.4) is 0 Å². The highest BCUT2D eigenvalue weighted by molar-refractivity contribution is 6.33. The van der Waals surface area contributed by atoms with E-state index in [0.29, 0.717) is 23.3 Å². The van der Waals surface area contributed by atoms with Crippen molar-refractivity contribution < 1.29 is 18.0 Å². The quantitative estimate of drug-likeness (QED) is 0.606. The van der Waals surface area contributed by atoms with Crippen LogP contribution in [-0.4, -0.2) is 10.8 Å². The van der Waals surface area contributed by atoms with E-state index in [1.54, 1.807) is 24.5 Å². The lowest BCUT2D eigenvalue weighted by Gasteiger charge is -2.44. The molecule has 1 aromatic heterocycles. The third-order valence-corrected chi connectivity index (χ3v) is 6.23. The largest absolute Gasteiger partial charge is 0.416 e. The smallest absolute Gasteiger partial charge is 0.384 e. The third kappa shape index (κ3) is 3.98. The lowest BCUT2D eigenvalue weighted by atomic mass is 9.68. The van der Waals surface area contributed by atoms with E-state index in [9.17, 15) is 23.2 Å². The summed E-state index contributed by atoms with van der Waals surface area (Å²) in [5.41, 5.74) is 6.48. The minimum Gasteiger partial charge on any atom is -0.384 e. The Morgan fingerprint density at radius 3 is 2.61 bits per heavy atom. The second-order valence-electron chi connectivity index (χ2n) is 8.93. The Kier molecular flexibility index (Phi) is 5.49. The number of Topliss-reactive ketones (excluding diaryl/α,β-unsaturated/α-hetero) is 1. The molecule has 2 aromatic rings. The lowest BCUT2D eigenvalue weighted by molar-refractivity contribution is -0.137. The van der Waals surface area contributed by atoms with E-state index >= 15 is 0 Å². The third-order valence-electron chi connectivity index (χ3n) is 5.91. The number of aromatic nitrogens is 1. The van der Waals surface area contributed by atoms with Gasteiger partial charge in [0.25, 0.3) is 0 Å². The number of nitriles is 1. The molecule has 1 atom stereocenters. The van der Waals surface area contributed by atoms with Crippen LogP contribution in [0, 0.1) is 16.7 Å². The summed E-state index contributed by atoms with van der Waals surface area (Å²) in [4.78, 5) is 18.8. The SMILES string of the molecule is CC1(C)CC(=O)C2=C(C1)N(c1cc(C(F)(F)F)ccc1Cl)C(N)=C(C#N)C2c1cccnc1. The Labute approximate surface area is 194 Å². The van der Waals surface area contributed by atoms with E-state index in [1.165, 1.54) is 4.90 Å². The molecule has 1 aliphatic carbocycles. The first kappa shape index (κ1) is 22.9. The van der Waals surface area contributed by atoms with Gasteiger partial charge in [-0.2, -0.15) is 18.4 Å². The number of allylic oxidation sites excluding steroid dienone is 3. The predicted octanol–water partition coefficient (Wildman–Crippen LogP) is 5.69. The predicted molar refractivity (Wildman–Crippen MR) is 118 cm³/mol. The van der Waals surface area contributed by atoms with E-state index in [0.717, 1.165) is 18.2 Å². The van der Waals surface area contributed by atoms with Crippen LogP contribution in [0.1, 0.15) is 43.7 Å². The maximum atomic E-state index is 13.5. The molecule has 2 aliphatic rings. The Bertz CT molecular complexity index is 1240. The van der Waals surface area contributed by atoms with Crippen LogP contribution in [-0.2, 0) is 11.0 Å². The molecule has 1 aliphatic heterocycles. The van der Waals surface area contributed by atoms with Gasteiger partial charge in [0.2, 0.25) is 0 Å². The molecule has 0 amide bonds. The van der Waals surface area contributed by atoms with E-state index < -0.39 is 23.1 Å². The Hall–Kier alpha value is -3.31. The van der Waals surface area contributed by atoms with E-state index in [2.05, 4.69) is 11.1 Å². The summed E-state index contributed by atoms with van der Waals surface area (Å²) in [6.07, 6.45) is -0.897. The Balaban J connectivity index is 2.03. The molecule has 4 rings (SSSR count). The second kappa shape index (κ2) is 7.92. The molecular weight excluding hydrogens is 453 g/mol. The molecular formula is C24H20ClF3N4O. The number of pyridine rings is 1. The van der Waals surface area contributed by atoms with Crippen molar-refractivity contribution in [3.05, 3.63) is 81.5 Å². The second-order valence-corrected chi connectivity index (χ2v) is 9.34. The zero-order chi connectivity index (χ0) is 24.1. The number of carbonyl (C=O) groups is 1. The van der Waals surface area contributed by atoms with Crippen LogP contribution in [0.15, 0.2) is 65.4 Å². The number of alkyl halides is 3. The molecule has 2 heterocycles. The minimum absolute atomic E-state index is 0.0192. The molecule has 33 heavy (non-hydrogen) atoms. The van der Waals surface area contributed by atoms with E-state index in [4.69, 9.17) is 17.3 Å². The van der Waals surface area contributed by atoms with Crippen LogP contribution >= 0.6 is 11.6 Å². The molecule has 170 valence electrons. The fraction of sp³-hybridized carbons (Fsp3) is 0.292. The van der Waals surface area contributed by atoms with Gasteiger partial charge in [-0.05, 0) is 41.7 Å². The van der Waals surface area contributed by atoms with Gasteiger partial charge in [0.15, 0.2) is 5.78 Å². The normalized spacial score (nSPS) is 20.6. The van der Waals surface area contributed by atoms with Gasteiger partial charge >= 0.3 is 6.18 Å². The van der Waals surface area contributed by atoms with Gasteiger partial charge in [-0.1, -0.05) is 31.5 Å². The van der Waals surface area contributed by atoms with Gasteiger partial charge in [0.05, 0.1) is 33.8 Å². The number of ketones is 1. The Morgan fingerprint density at radius 2 is 2.00 bits per heavy atom. The molecule has 0 saturated carbocycles. The van der Waals surface area contributed by atoms with Crippen LogP contribution in [0.5, 0.6) is 0 Å². The monoisotopic (exact) mass is 472 g/mol. The number of benzene rings is 1. The van der Waals surface area contributed by atoms with E-state index in [-0.39, 0.29) is 34.3 Å². The van der Waals surface area contributed by atoms with Gasteiger partial charge in [-0.3, -0.25) is 14.7 Å². The number of anilines is 1.